The maximum atomic E-state index is 5.96. The number of thiophene rings is 1. The molecule has 0 N–H and O–H groups in total. The summed E-state index contributed by atoms with van der Waals surface area (Å²) in [4.78, 5) is 2.94. The van der Waals surface area contributed by atoms with E-state index < -0.39 is 0 Å². The maximum absolute atomic E-state index is 5.96. The van der Waals surface area contributed by atoms with Crippen molar-refractivity contribution in [2.45, 2.75) is 18.7 Å². The maximum Gasteiger partial charge on any atom is 0.0740 e. The van der Waals surface area contributed by atoms with Crippen molar-refractivity contribution in [1.82, 2.24) is 0 Å². The Morgan fingerprint density at radius 2 is 1.94 bits per heavy atom. The zero-order valence-corrected chi connectivity index (χ0v) is 12.3. The van der Waals surface area contributed by atoms with Crippen LogP contribution < -0.4 is 0 Å². The van der Waals surface area contributed by atoms with Gasteiger partial charge in [-0.3, -0.25) is 0 Å². The summed E-state index contributed by atoms with van der Waals surface area (Å²) in [5.74, 6) is 0. The van der Waals surface area contributed by atoms with Crippen LogP contribution in [0.3, 0.4) is 0 Å². The molecule has 2 aromatic rings. The number of benzene rings is 1. The highest BCUT2D eigenvalue weighted by atomic mass is 79.9. The van der Waals surface area contributed by atoms with Crippen LogP contribution in [0.15, 0.2) is 30.3 Å². The van der Waals surface area contributed by atoms with Gasteiger partial charge in [0.2, 0.25) is 0 Å². The monoisotopic (exact) mass is 314 g/mol. The van der Waals surface area contributed by atoms with E-state index in [1.807, 2.05) is 23.5 Å². The SMILES string of the molecule is Cc1ccc(C(Br)c2ccc(Cl)cc2C)s1. The van der Waals surface area contributed by atoms with Gasteiger partial charge in [-0.2, -0.15) is 0 Å². The van der Waals surface area contributed by atoms with Crippen LogP contribution in [-0.2, 0) is 0 Å². The van der Waals surface area contributed by atoms with Gasteiger partial charge in [0, 0.05) is 14.8 Å². The van der Waals surface area contributed by atoms with Gasteiger partial charge in [-0.1, -0.05) is 33.6 Å². The smallest absolute Gasteiger partial charge is 0.0740 e. The largest absolute Gasteiger partial charge is 0.144 e. The Labute approximate surface area is 113 Å². The van der Waals surface area contributed by atoms with E-state index in [0.29, 0.717) is 0 Å². The lowest BCUT2D eigenvalue weighted by molar-refractivity contribution is 1.18. The third-order valence-electron chi connectivity index (χ3n) is 2.52. The van der Waals surface area contributed by atoms with Gasteiger partial charge in [-0.25, -0.2) is 0 Å². The van der Waals surface area contributed by atoms with Gasteiger partial charge in [-0.15, -0.1) is 11.3 Å². The molecule has 1 unspecified atom stereocenters. The van der Waals surface area contributed by atoms with E-state index in [4.69, 9.17) is 11.6 Å². The number of hydrogen-bond acceptors (Lipinski definition) is 1. The fraction of sp³-hybridized carbons (Fsp3) is 0.231. The Bertz CT molecular complexity index is 504. The normalized spacial score (nSPS) is 12.8. The molecule has 0 radical (unpaired) electrons. The molecule has 0 saturated carbocycles. The summed E-state index contributed by atoms with van der Waals surface area (Å²) >= 11 is 11.5. The highest BCUT2D eigenvalue weighted by molar-refractivity contribution is 9.09. The summed E-state index contributed by atoms with van der Waals surface area (Å²) in [5.41, 5.74) is 2.51. The van der Waals surface area contributed by atoms with Gasteiger partial charge in [-0.05, 0) is 49.2 Å². The average Bonchev–Trinajstić information content (AvgIpc) is 2.64. The van der Waals surface area contributed by atoms with Gasteiger partial charge in [0.05, 0.1) is 4.83 Å². The Kier molecular flexibility index (Phi) is 3.73. The zero-order chi connectivity index (χ0) is 11.7. The lowest BCUT2D eigenvalue weighted by Crippen LogP contribution is -1.93. The van der Waals surface area contributed by atoms with E-state index in [1.165, 1.54) is 20.9 Å². The topological polar surface area (TPSA) is 0 Å². The second kappa shape index (κ2) is 4.91. The molecule has 0 amide bonds. The van der Waals surface area contributed by atoms with Crippen LogP contribution in [0.25, 0.3) is 0 Å². The standard InChI is InChI=1S/C13H12BrClS/c1-8-7-10(15)4-5-11(8)13(14)12-6-3-9(2)16-12/h3-7,13H,1-2H3. The molecule has 0 aliphatic carbocycles. The first-order chi connectivity index (χ1) is 7.58. The van der Waals surface area contributed by atoms with Crippen LogP contribution in [0, 0.1) is 13.8 Å². The van der Waals surface area contributed by atoms with Crippen molar-refractivity contribution < 1.29 is 0 Å². The third kappa shape index (κ3) is 2.50. The van der Waals surface area contributed by atoms with Gasteiger partial charge >= 0.3 is 0 Å². The highest BCUT2D eigenvalue weighted by Crippen LogP contribution is 2.37. The lowest BCUT2D eigenvalue weighted by atomic mass is 10.1. The second-order valence-electron chi connectivity index (χ2n) is 3.81. The first-order valence-corrected chi connectivity index (χ1v) is 7.15. The van der Waals surface area contributed by atoms with Crippen molar-refractivity contribution in [1.29, 1.82) is 0 Å². The number of hydrogen-bond donors (Lipinski definition) is 0. The molecule has 0 spiro atoms. The van der Waals surface area contributed by atoms with Crippen LogP contribution in [0.5, 0.6) is 0 Å². The van der Waals surface area contributed by atoms with E-state index in [-0.39, 0.29) is 4.83 Å². The summed E-state index contributed by atoms with van der Waals surface area (Å²) in [5, 5.41) is 0.795. The van der Waals surface area contributed by atoms with Gasteiger partial charge in [0.15, 0.2) is 0 Å². The molecule has 16 heavy (non-hydrogen) atoms. The third-order valence-corrected chi connectivity index (χ3v) is 5.11. The fourth-order valence-electron chi connectivity index (χ4n) is 1.67. The van der Waals surface area contributed by atoms with Crippen molar-refractivity contribution in [3.05, 3.63) is 56.2 Å². The average molecular weight is 316 g/mol. The molecule has 0 saturated heterocycles. The van der Waals surface area contributed by atoms with E-state index in [1.54, 1.807) is 0 Å². The summed E-state index contributed by atoms with van der Waals surface area (Å²) < 4.78 is 0. The quantitative estimate of drug-likeness (QED) is 0.642. The van der Waals surface area contributed by atoms with Crippen LogP contribution in [0.1, 0.15) is 25.7 Å². The van der Waals surface area contributed by atoms with E-state index in [9.17, 15) is 0 Å². The molecule has 0 aliphatic heterocycles. The molecular formula is C13H12BrClS. The summed E-state index contributed by atoms with van der Waals surface area (Å²) in [7, 11) is 0. The highest BCUT2D eigenvalue weighted by Gasteiger charge is 2.14. The Morgan fingerprint density at radius 3 is 2.50 bits per heavy atom. The first-order valence-electron chi connectivity index (χ1n) is 5.04. The van der Waals surface area contributed by atoms with Crippen molar-refractivity contribution >= 4 is 38.9 Å². The molecule has 0 bridgehead atoms. The molecule has 0 nitrogen and oxygen atoms in total. The van der Waals surface area contributed by atoms with Gasteiger partial charge in [0.1, 0.15) is 0 Å². The molecular weight excluding hydrogens is 304 g/mol. The molecule has 1 aromatic carbocycles. The Hall–Kier alpha value is -0.310. The molecule has 84 valence electrons. The van der Waals surface area contributed by atoms with Crippen molar-refractivity contribution in [2.24, 2.45) is 0 Å². The number of aryl methyl sites for hydroxylation is 2. The molecule has 1 aromatic heterocycles. The van der Waals surface area contributed by atoms with Crippen LogP contribution >= 0.6 is 38.9 Å². The van der Waals surface area contributed by atoms with E-state index in [0.717, 1.165) is 5.02 Å². The fourth-order valence-corrected chi connectivity index (χ4v) is 3.71. The summed E-state index contributed by atoms with van der Waals surface area (Å²) in [6.07, 6.45) is 0. The molecule has 0 fully saturated rings. The minimum Gasteiger partial charge on any atom is -0.144 e. The minimum atomic E-state index is 0.267. The minimum absolute atomic E-state index is 0.267. The van der Waals surface area contributed by atoms with Crippen molar-refractivity contribution in [3.63, 3.8) is 0 Å². The van der Waals surface area contributed by atoms with Gasteiger partial charge < -0.3 is 0 Å². The van der Waals surface area contributed by atoms with Crippen LogP contribution in [-0.4, -0.2) is 0 Å². The predicted molar refractivity (Wildman–Crippen MR) is 76.0 cm³/mol. The first kappa shape index (κ1) is 12.2. The van der Waals surface area contributed by atoms with Gasteiger partial charge in [0.25, 0.3) is 0 Å². The summed E-state index contributed by atoms with van der Waals surface area (Å²) in [6, 6.07) is 10.4. The van der Waals surface area contributed by atoms with Crippen LogP contribution in [0.4, 0.5) is 0 Å². The Morgan fingerprint density at radius 1 is 1.19 bits per heavy atom. The molecule has 0 aliphatic rings. The van der Waals surface area contributed by atoms with E-state index in [2.05, 4.69) is 48.0 Å². The molecule has 1 heterocycles. The number of halogens is 2. The number of alkyl halides is 1. The van der Waals surface area contributed by atoms with Crippen molar-refractivity contribution in [3.8, 4) is 0 Å². The number of rotatable bonds is 2. The zero-order valence-electron chi connectivity index (χ0n) is 9.13. The predicted octanol–water partition coefficient (Wildman–Crippen LogP) is 5.50. The molecule has 2 rings (SSSR count). The van der Waals surface area contributed by atoms with Crippen molar-refractivity contribution in [2.75, 3.05) is 0 Å². The van der Waals surface area contributed by atoms with E-state index >= 15 is 0 Å². The second-order valence-corrected chi connectivity index (χ2v) is 6.48. The van der Waals surface area contributed by atoms with Crippen LogP contribution in [0.2, 0.25) is 5.02 Å². The molecule has 1 atom stereocenters. The molecule has 3 heteroatoms. The summed E-state index contributed by atoms with van der Waals surface area (Å²) in [6.45, 7) is 4.22. The lowest BCUT2D eigenvalue weighted by Gasteiger charge is -2.11. The Balaban J connectivity index is 2.37.